The van der Waals surface area contributed by atoms with E-state index >= 15 is 0 Å². The first-order valence-corrected chi connectivity index (χ1v) is 8.43. The predicted molar refractivity (Wildman–Crippen MR) is 87.0 cm³/mol. The minimum absolute atomic E-state index is 0.0590. The van der Waals surface area contributed by atoms with Gasteiger partial charge in [0.2, 0.25) is 5.91 Å². The van der Waals surface area contributed by atoms with Crippen molar-refractivity contribution in [1.29, 1.82) is 0 Å². The van der Waals surface area contributed by atoms with Crippen molar-refractivity contribution in [2.45, 2.75) is 31.9 Å². The lowest BCUT2D eigenvalue weighted by Crippen LogP contribution is -2.50. The van der Waals surface area contributed by atoms with Gasteiger partial charge in [0.1, 0.15) is 0 Å². The topological polar surface area (TPSA) is 32.8 Å². The second-order valence-electron chi connectivity index (χ2n) is 6.08. The lowest BCUT2D eigenvalue weighted by Gasteiger charge is -2.37. The van der Waals surface area contributed by atoms with Gasteiger partial charge in [-0.25, -0.2) is 0 Å². The number of morpholine rings is 1. The standard InChI is InChI=1S/C17H23ClN2O2/c1-13(17(21)19-8-4-5-9-19)20-10-11-22-16(12-20)14-6-2-3-7-15(14)18/h2-3,6-7,13,16H,4-5,8-12H2,1H3. The van der Waals surface area contributed by atoms with Gasteiger partial charge in [-0.1, -0.05) is 29.8 Å². The Balaban J connectivity index is 1.67. The number of benzene rings is 1. The summed E-state index contributed by atoms with van der Waals surface area (Å²) in [4.78, 5) is 16.8. The molecular formula is C17H23ClN2O2. The summed E-state index contributed by atoms with van der Waals surface area (Å²) in [6.45, 7) is 5.96. The second-order valence-corrected chi connectivity index (χ2v) is 6.49. The van der Waals surface area contributed by atoms with Gasteiger partial charge in [0.05, 0.1) is 18.8 Å². The van der Waals surface area contributed by atoms with E-state index in [1.807, 2.05) is 36.1 Å². The summed E-state index contributed by atoms with van der Waals surface area (Å²) >= 11 is 6.28. The number of carbonyl (C=O) groups is 1. The molecule has 2 unspecified atom stereocenters. The van der Waals surface area contributed by atoms with Gasteiger partial charge in [0.15, 0.2) is 0 Å². The summed E-state index contributed by atoms with van der Waals surface area (Å²) in [7, 11) is 0. The monoisotopic (exact) mass is 322 g/mol. The van der Waals surface area contributed by atoms with Gasteiger partial charge in [-0.15, -0.1) is 0 Å². The molecule has 0 bridgehead atoms. The lowest BCUT2D eigenvalue weighted by molar-refractivity contribution is -0.138. The molecule has 2 atom stereocenters. The predicted octanol–water partition coefficient (Wildman–Crippen LogP) is 2.72. The minimum Gasteiger partial charge on any atom is -0.371 e. The molecule has 4 nitrogen and oxygen atoms in total. The van der Waals surface area contributed by atoms with E-state index in [-0.39, 0.29) is 18.1 Å². The smallest absolute Gasteiger partial charge is 0.239 e. The molecule has 1 aromatic rings. The van der Waals surface area contributed by atoms with E-state index in [0.717, 1.165) is 43.1 Å². The molecule has 0 saturated carbocycles. The van der Waals surface area contributed by atoms with Gasteiger partial charge in [-0.2, -0.15) is 0 Å². The SMILES string of the molecule is CC(C(=O)N1CCCC1)N1CCOC(c2ccccc2Cl)C1. The molecule has 0 N–H and O–H groups in total. The van der Waals surface area contributed by atoms with Crippen LogP contribution in [0.1, 0.15) is 31.4 Å². The third kappa shape index (κ3) is 3.29. The number of ether oxygens (including phenoxy) is 1. The highest BCUT2D eigenvalue weighted by atomic mass is 35.5. The Morgan fingerprint density at radius 2 is 2.00 bits per heavy atom. The fraction of sp³-hybridized carbons (Fsp3) is 0.588. The summed E-state index contributed by atoms with van der Waals surface area (Å²) in [5, 5.41) is 0.730. The van der Waals surface area contributed by atoms with E-state index in [1.54, 1.807) is 0 Å². The van der Waals surface area contributed by atoms with Crippen LogP contribution in [0.15, 0.2) is 24.3 Å². The van der Waals surface area contributed by atoms with Crippen molar-refractivity contribution in [1.82, 2.24) is 9.80 Å². The molecule has 1 aromatic carbocycles. The first kappa shape index (κ1) is 15.8. The average molecular weight is 323 g/mol. The summed E-state index contributed by atoms with van der Waals surface area (Å²) in [5.41, 5.74) is 1.01. The van der Waals surface area contributed by atoms with Crippen LogP contribution in [-0.4, -0.2) is 54.5 Å². The van der Waals surface area contributed by atoms with Crippen LogP contribution in [0.25, 0.3) is 0 Å². The minimum atomic E-state index is -0.0908. The second kappa shape index (κ2) is 6.99. The summed E-state index contributed by atoms with van der Waals surface area (Å²) in [6, 6.07) is 7.70. The number of rotatable bonds is 3. The lowest BCUT2D eigenvalue weighted by atomic mass is 10.1. The number of hydrogen-bond donors (Lipinski definition) is 0. The number of nitrogens with zero attached hydrogens (tertiary/aromatic N) is 2. The number of hydrogen-bond acceptors (Lipinski definition) is 3. The highest BCUT2D eigenvalue weighted by Crippen LogP contribution is 2.29. The van der Waals surface area contributed by atoms with Crippen LogP contribution in [0, 0.1) is 0 Å². The summed E-state index contributed by atoms with van der Waals surface area (Å²) in [6.07, 6.45) is 2.20. The number of likely N-dealkylation sites (tertiary alicyclic amines) is 1. The van der Waals surface area contributed by atoms with Gasteiger partial charge < -0.3 is 9.64 Å². The van der Waals surface area contributed by atoms with E-state index in [4.69, 9.17) is 16.3 Å². The highest BCUT2D eigenvalue weighted by molar-refractivity contribution is 6.31. The maximum absolute atomic E-state index is 12.6. The van der Waals surface area contributed by atoms with E-state index in [2.05, 4.69) is 4.90 Å². The van der Waals surface area contributed by atoms with Crippen LogP contribution in [0.4, 0.5) is 0 Å². The number of amides is 1. The Kier molecular flexibility index (Phi) is 5.01. The zero-order chi connectivity index (χ0) is 15.5. The Morgan fingerprint density at radius 3 is 2.73 bits per heavy atom. The van der Waals surface area contributed by atoms with Crippen LogP contribution in [0.5, 0.6) is 0 Å². The molecule has 0 spiro atoms. The Labute approximate surface area is 137 Å². The number of halogens is 1. The van der Waals surface area contributed by atoms with Gasteiger partial charge in [-0.3, -0.25) is 9.69 Å². The third-order valence-electron chi connectivity index (χ3n) is 4.67. The van der Waals surface area contributed by atoms with Gasteiger partial charge in [-0.05, 0) is 25.8 Å². The van der Waals surface area contributed by atoms with E-state index in [9.17, 15) is 4.79 Å². The molecular weight excluding hydrogens is 300 g/mol. The Bertz CT molecular complexity index is 531. The van der Waals surface area contributed by atoms with Gasteiger partial charge in [0, 0.05) is 36.8 Å². The van der Waals surface area contributed by atoms with Crippen molar-refractivity contribution < 1.29 is 9.53 Å². The molecule has 22 heavy (non-hydrogen) atoms. The third-order valence-corrected chi connectivity index (χ3v) is 5.02. The van der Waals surface area contributed by atoms with Crippen molar-refractivity contribution >= 4 is 17.5 Å². The van der Waals surface area contributed by atoms with Gasteiger partial charge >= 0.3 is 0 Å². The molecule has 3 rings (SSSR count). The molecule has 2 aliphatic heterocycles. The molecule has 2 fully saturated rings. The van der Waals surface area contributed by atoms with E-state index in [0.29, 0.717) is 13.2 Å². The first-order valence-electron chi connectivity index (χ1n) is 8.05. The van der Waals surface area contributed by atoms with Crippen LogP contribution in [0.2, 0.25) is 5.02 Å². The summed E-state index contributed by atoms with van der Waals surface area (Å²) < 4.78 is 5.88. The molecule has 120 valence electrons. The maximum Gasteiger partial charge on any atom is 0.239 e. The fourth-order valence-electron chi connectivity index (χ4n) is 3.30. The molecule has 0 aromatic heterocycles. The zero-order valence-corrected chi connectivity index (χ0v) is 13.8. The maximum atomic E-state index is 12.6. The Morgan fingerprint density at radius 1 is 1.27 bits per heavy atom. The van der Waals surface area contributed by atoms with E-state index in [1.165, 1.54) is 0 Å². The van der Waals surface area contributed by atoms with Gasteiger partial charge in [0.25, 0.3) is 0 Å². The molecule has 5 heteroatoms. The van der Waals surface area contributed by atoms with E-state index < -0.39 is 0 Å². The van der Waals surface area contributed by atoms with Crippen molar-refractivity contribution in [2.24, 2.45) is 0 Å². The van der Waals surface area contributed by atoms with Crippen LogP contribution in [-0.2, 0) is 9.53 Å². The first-order chi connectivity index (χ1) is 10.7. The Hall–Kier alpha value is -1.10. The molecule has 2 saturated heterocycles. The van der Waals surface area contributed by atoms with Crippen LogP contribution < -0.4 is 0 Å². The molecule has 1 amide bonds. The molecule has 2 aliphatic rings. The van der Waals surface area contributed by atoms with Crippen molar-refractivity contribution in [3.8, 4) is 0 Å². The van der Waals surface area contributed by atoms with Crippen molar-refractivity contribution in [3.63, 3.8) is 0 Å². The molecule has 2 heterocycles. The largest absolute Gasteiger partial charge is 0.371 e. The average Bonchev–Trinajstić information content (AvgIpc) is 3.08. The molecule has 0 radical (unpaired) electrons. The number of carbonyl (C=O) groups excluding carboxylic acids is 1. The highest BCUT2D eigenvalue weighted by Gasteiger charge is 2.32. The van der Waals surface area contributed by atoms with Crippen molar-refractivity contribution in [2.75, 3.05) is 32.8 Å². The summed E-state index contributed by atoms with van der Waals surface area (Å²) in [5.74, 6) is 0.248. The fourth-order valence-corrected chi connectivity index (χ4v) is 3.56. The zero-order valence-electron chi connectivity index (χ0n) is 13.0. The van der Waals surface area contributed by atoms with Crippen molar-refractivity contribution in [3.05, 3.63) is 34.9 Å². The quantitative estimate of drug-likeness (QED) is 0.858. The van der Waals surface area contributed by atoms with Crippen LogP contribution >= 0.6 is 11.6 Å². The normalized spacial score (nSPS) is 24.5. The molecule has 0 aliphatic carbocycles. The van der Waals surface area contributed by atoms with Crippen LogP contribution in [0.3, 0.4) is 0 Å².